The molecule has 1 N–H and O–H groups in total. The number of alkyl halides is 3. The normalized spacial score (nSPS) is 13.0. The maximum absolute atomic E-state index is 12.5. The van der Waals surface area contributed by atoms with Crippen molar-refractivity contribution in [2.75, 3.05) is 5.32 Å². The predicted octanol–water partition coefficient (Wildman–Crippen LogP) is 12.4. The van der Waals surface area contributed by atoms with Crippen molar-refractivity contribution in [1.82, 2.24) is 10.2 Å². The third-order valence-electron chi connectivity index (χ3n) is 7.24. The van der Waals surface area contributed by atoms with Crippen molar-refractivity contribution in [3.05, 3.63) is 102 Å². The van der Waals surface area contributed by atoms with Gasteiger partial charge in [-0.15, -0.1) is 35.8 Å². The topological polar surface area (TPSA) is 112 Å². The third-order valence-corrected chi connectivity index (χ3v) is 8.05. The zero-order valence-corrected chi connectivity index (χ0v) is 26.2. The number of azo groups is 3. The Morgan fingerprint density at radius 1 is 0.638 bits per heavy atom. The molecule has 1 unspecified atom stereocenters. The number of benzene rings is 5. The number of nitrogens with one attached hydrogen (secondary N) is 1. The maximum atomic E-state index is 12.5. The molecule has 9 nitrogen and oxygen atoms in total. The summed E-state index contributed by atoms with van der Waals surface area (Å²) in [7, 11) is 0. The minimum Gasteiger partial charge on any atom is -0.382 e. The first-order chi connectivity index (χ1) is 22.8. The second-order valence-corrected chi connectivity index (χ2v) is 11.7. The Morgan fingerprint density at radius 3 is 1.68 bits per heavy atom. The Labute approximate surface area is 272 Å². The van der Waals surface area contributed by atoms with Gasteiger partial charge in [0.25, 0.3) is 5.13 Å². The van der Waals surface area contributed by atoms with E-state index in [1.165, 1.54) is 0 Å². The Hall–Kier alpha value is -5.43. The lowest BCUT2D eigenvalue weighted by atomic mass is 10.1. The van der Waals surface area contributed by atoms with Crippen molar-refractivity contribution in [2.45, 2.75) is 38.9 Å². The van der Waals surface area contributed by atoms with Crippen LogP contribution in [-0.2, 0) is 6.42 Å². The Bertz CT molecular complexity index is 2110. The lowest BCUT2D eigenvalue weighted by Crippen LogP contribution is -2.13. The van der Waals surface area contributed by atoms with Gasteiger partial charge in [-0.2, -0.15) is 18.3 Å². The zero-order valence-electron chi connectivity index (χ0n) is 25.3. The van der Waals surface area contributed by atoms with Crippen LogP contribution in [0, 0.1) is 0 Å². The third kappa shape index (κ3) is 7.87. The molecule has 0 saturated carbocycles. The van der Waals surface area contributed by atoms with Crippen LogP contribution in [0.1, 0.15) is 25.3 Å². The fraction of sp³-hybridized carbons (Fsp3) is 0.176. The standard InChI is InChI=1S/C34H28F3N9S/c1-3-21(2)38-28-16-17-30(25-9-5-4-8-24(25)28)42-43-31-19-18-29(26-10-6-7-11-27(26)31)41-39-22-12-14-23(15-13-22)40-45-33-46-44-32(47-33)20-34(35,36)37/h4-19,21,38H,3,20H2,1-2H3/b41-39+,43-42+,45-40+. The van der Waals surface area contributed by atoms with Gasteiger partial charge in [0, 0.05) is 33.3 Å². The van der Waals surface area contributed by atoms with E-state index in [0.29, 0.717) is 28.8 Å². The van der Waals surface area contributed by atoms with Crippen LogP contribution in [0.2, 0.25) is 0 Å². The van der Waals surface area contributed by atoms with Crippen molar-refractivity contribution < 1.29 is 13.2 Å². The summed E-state index contributed by atoms with van der Waals surface area (Å²) in [6, 6.07) is 30.9. The van der Waals surface area contributed by atoms with Crippen LogP contribution in [0.15, 0.2) is 128 Å². The van der Waals surface area contributed by atoms with Crippen molar-refractivity contribution >= 4 is 72.1 Å². The van der Waals surface area contributed by atoms with Gasteiger partial charge in [-0.05, 0) is 61.9 Å². The molecule has 47 heavy (non-hydrogen) atoms. The lowest BCUT2D eigenvalue weighted by molar-refractivity contribution is -0.127. The summed E-state index contributed by atoms with van der Waals surface area (Å²) in [5.74, 6) is 0. The molecule has 0 radical (unpaired) electrons. The van der Waals surface area contributed by atoms with E-state index < -0.39 is 12.6 Å². The van der Waals surface area contributed by atoms with E-state index in [1.54, 1.807) is 24.3 Å². The fourth-order valence-electron chi connectivity index (χ4n) is 4.74. The molecule has 0 fully saturated rings. The van der Waals surface area contributed by atoms with E-state index in [0.717, 1.165) is 50.7 Å². The number of nitrogens with zero attached hydrogens (tertiary/aromatic N) is 8. The molecule has 5 aromatic carbocycles. The van der Waals surface area contributed by atoms with Gasteiger partial charge in [-0.25, -0.2) is 0 Å². The van der Waals surface area contributed by atoms with Crippen LogP contribution in [0.4, 0.5) is 52.4 Å². The molecule has 0 saturated heterocycles. The highest BCUT2D eigenvalue weighted by molar-refractivity contribution is 7.14. The van der Waals surface area contributed by atoms with Gasteiger partial charge in [-0.1, -0.05) is 66.8 Å². The van der Waals surface area contributed by atoms with Crippen LogP contribution in [0.3, 0.4) is 0 Å². The van der Waals surface area contributed by atoms with Gasteiger partial charge in [0.15, 0.2) is 0 Å². The van der Waals surface area contributed by atoms with E-state index in [2.05, 4.69) is 78.2 Å². The summed E-state index contributed by atoms with van der Waals surface area (Å²) >= 11 is 0.743. The van der Waals surface area contributed by atoms with Crippen molar-refractivity contribution in [1.29, 1.82) is 0 Å². The molecule has 236 valence electrons. The van der Waals surface area contributed by atoms with Crippen LogP contribution in [0.5, 0.6) is 0 Å². The van der Waals surface area contributed by atoms with Gasteiger partial charge < -0.3 is 5.32 Å². The Balaban J connectivity index is 1.19. The molecular weight excluding hydrogens is 623 g/mol. The Morgan fingerprint density at radius 2 is 1.13 bits per heavy atom. The molecule has 0 amide bonds. The molecule has 6 aromatic rings. The summed E-state index contributed by atoms with van der Waals surface area (Å²) in [6.07, 6.45) is -4.48. The summed E-state index contributed by atoms with van der Waals surface area (Å²) < 4.78 is 37.6. The van der Waals surface area contributed by atoms with Gasteiger partial charge in [0.2, 0.25) is 0 Å². The van der Waals surface area contributed by atoms with Crippen LogP contribution < -0.4 is 5.32 Å². The number of rotatable bonds is 10. The van der Waals surface area contributed by atoms with Crippen LogP contribution in [0.25, 0.3) is 21.5 Å². The highest BCUT2D eigenvalue weighted by Gasteiger charge is 2.29. The van der Waals surface area contributed by atoms with Gasteiger partial charge in [0.05, 0.1) is 34.9 Å². The van der Waals surface area contributed by atoms with E-state index in [4.69, 9.17) is 0 Å². The first-order valence-electron chi connectivity index (χ1n) is 14.8. The smallest absolute Gasteiger partial charge is 0.382 e. The van der Waals surface area contributed by atoms with Crippen molar-refractivity contribution in [3.63, 3.8) is 0 Å². The van der Waals surface area contributed by atoms with Crippen molar-refractivity contribution in [2.24, 2.45) is 30.7 Å². The number of aromatic nitrogens is 2. The molecule has 1 atom stereocenters. The van der Waals surface area contributed by atoms with E-state index in [9.17, 15) is 13.2 Å². The van der Waals surface area contributed by atoms with E-state index >= 15 is 0 Å². The molecule has 0 aliphatic rings. The quantitative estimate of drug-likeness (QED) is 0.149. The lowest BCUT2D eigenvalue weighted by Gasteiger charge is -2.15. The number of hydrogen-bond acceptors (Lipinski definition) is 10. The minimum absolute atomic E-state index is 0.0449. The molecule has 0 bridgehead atoms. The fourth-order valence-corrected chi connectivity index (χ4v) is 5.43. The number of anilines is 1. The predicted molar refractivity (Wildman–Crippen MR) is 180 cm³/mol. The maximum Gasteiger partial charge on any atom is 0.395 e. The minimum atomic E-state index is -4.36. The van der Waals surface area contributed by atoms with Crippen molar-refractivity contribution in [3.8, 4) is 0 Å². The second kappa shape index (κ2) is 13.9. The first kappa shape index (κ1) is 31.5. The SMILES string of the molecule is CCC(C)Nc1ccc(/N=N/c2ccc(/N=N/c3ccc(/N=N/c4nnc(CC(F)(F)F)s4)cc3)c3ccccc23)c2ccccc12. The molecular formula is C34H28F3N9S. The first-order valence-corrected chi connectivity index (χ1v) is 15.6. The van der Waals surface area contributed by atoms with Gasteiger partial charge in [-0.3, -0.25) is 0 Å². The van der Waals surface area contributed by atoms with Gasteiger partial charge >= 0.3 is 6.18 Å². The van der Waals surface area contributed by atoms with Gasteiger partial charge in [0.1, 0.15) is 5.01 Å². The van der Waals surface area contributed by atoms with Crippen LogP contribution >= 0.6 is 11.3 Å². The average molecular weight is 652 g/mol. The summed E-state index contributed by atoms with van der Waals surface area (Å²) in [5, 5.41) is 40.5. The second-order valence-electron chi connectivity index (χ2n) is 10.7. The number of hydrogen-bond donors (Lipinski definition) is 1. The number of fused-ring (bicyclic) bond motifs is 2. The molecule has 1 heterocycles. The number of halogens is 3. The Kier molecular flexibility index (Phi) is 9.34. The largest absolute Gasteiger partial charge is 0.395 e. The summed E-state index contributed by atoms with van der Waals surface area (Å²) in [6.45, 7) is 4.32. The highest BCUT2D eigenvalue weighted by atomic mass is 32.1. The van der Waals surface area contributed by atoms with E-state index in [1.807, 2.05) is 54.6 Å². The monoisotopic (exact) mass is 651 g/mol. The molecule has 0 aliphatic carbocycles. The molecule has 6 rings (SSSR count). The molecule has 13 heteroatoms. The highest BCUT2D eigenvalue weighted by Crippen LogP contribution is 2.37. The summed E-state index contributed by atoms with van der Waals surface area (Å²) in [4.78, 5) is 0. The molecule has 0 spiro atoms. The molecule has 0 aliphatic heterocycles. The average Bonchev–Trinajstić information content (AvgIpc) is 3.52. The van der Waals surface area contributed by atoms with E-state index in [-0.39, 0.29) is 10.1 Å². The summed E-state index contributed by atoms with van der Waals surface area (Å²) in [5.41, 5.74) is 4.29. The van der Waals surface area contributed by atoms with Crippen LogP contribution in [-0.4, -0.2) is 22.4 Å². The zero-order chi connectivity index (χ0) is 32.8. The molecule has 1 aromatic heterocycles.